The van der Waals surface area contributed by atoms with E-state index in [1.807, 2.05) is 68.4 Å². The first-order chi connectivity index (χ1) is 18.8. The van der Waals surface area contributed by atoms with Gasteiger partial charge >= 0.3 is 6.09 Å². The molecule has 2 bridgehead atoms. The van der Waals surface area contributed by atoms with E-state index in [2.05, 4.69) is 16.0 Å². The number of nitrogens with one attached hydrogen (secondary N) is 3. The molecule has 2 aliphatic heterocycles. The van der Waals surface area contributed by atoms with E-state index in [4.69, 9.17) is 9.47 Å². The van der Waals surface area contributed by atoms with Crippen LogP contribution in [-0.2, 0) is 32.1 Å². The Hall–Kier alpha value is -3.88. The van der Waals surface area contributed by atoms with Gasteiger partial charge in [-0.1, -0.05) is 62.7 Å². The van der Waals surface area contributed by atoms with E-state index < -0.39 is 36.0 Å². The molecule has 1 unspecified atom stereocenters. The van der Waals surface area contributed by atoms with Gasteiger partial charge < -0.3 is 30.2 Å². The van der Waals surface area contributed by atoms with Crippen LogP contribution in [0.25, 0.3) is 0 Å². The summed E-state index contributed by atoms with van der Waals surface area (Å²) >= 11 is 0. The third-order valence-corrected chi connectivity index (χ3v) is 6.44. The highest BCUT2D eigenvalue weighted by Gasteiger charge is 2.29. The molecule has 0 aliphatic carbocycles. The summed E-state index contributed by atoms with van der Waals surface area (Å²) in [5.74, 6) is -0.126. The number of aldehydes is 1. The number of ether oxygens (including phenoxy) is 2. The predicted octanol–water partition coefficient (Wildman–Crippen LogP) is 3.69. The van der Waals surface area contributed by atoms with Crippen molar-refractivity contribution in [3.63, 3.8) is 0 Å². The first-order valence-electron chi connectivity index (χ1n) is 13.6. The minimum atomic E-state index is -0.997. The summed E-state index contributed by atoms with van der Waals surface area (Å²) < 4.78 is 11.2. The van der Waals surface area contributed by atoms with Gasteiger partial charge in [0.1, 0.15) is 30.7 Å². The van der Waals surface area contributed by atoms with Crippen LogP contribution >= 0.6 is 0 Å². The molecule has 39 heavy (non-hydrogen) atoms. The van der Waals surface area contributed by atoms with Crippen molar-refractivity contribution in [2.45, 2.75) is 77.1 Å². The monoisotopic (exact) mass is 537 g/mol. The van der Waals surface area contributed by atoms with Crippen molar-refractivity contribution >= 4 is 24.2 Å². The highest BCUT2D eigenvalue weighted by atomic mass is 16.5. The van der Waals surface area contributed by atoms with Gasteiger partial charge in [-0.2, -0.15) is 0 Å². The number of amides is 3. The van der Waals surface area contributed by atoms with Crippen LogP contribution in [0.5, 0.6) is 5.75 Å². The summed E-state index contributed by atoms with van der Waals surface area (Å²) in [5.41, 5.74) is 1.62. The lowest BCUT2D eigenvalue weighted by atomic mass is 10.0. The van der Waals surface area contributed by atoms with Crippen LogP contribution in [0, 0.1) is 5.92 Å². The second kappa shape index (κ2) is 15.5. The molecule has 0 radical (unpaired) electrons. The first kappa shape index (κ1) is 29.7. The number of rotatable bonds is 6. The van der Waals surface area contributed by atoms with Crippen molar-refractivity contribution in [3.8, 4) is 5.75 Å². The highest BCUT2D eigenvalue weighted by molar-refractivity contribution is 5.92. The Bertz CT molecular complexity index is 1070. The molecule has 0 saturated carbocycles. The van der Waals surface area contributed by atoms with Crippen molar-refractivity contribution in [3.05, 3.63) is 65.7 Å². The van der Waals surface area contributed by atoms with Crippen LogP contribution in [-0.4, -0.2) is 48.9 Å². The number of alkyl carbamates (subject to hydrolysis) is 1. The Morgan fingerprint density at radius 2 is 1.77 bits per heavy atom. The van der Waals surface area contributed by atoms with Gasteiger partial charge in [0.25, 0.3) is 0 Å². The van der Waals surface area contributed by atoms with Crippen LogP contribution in [0.4, 0.5) is 4.79 Å². The zero-order valence-electron chi connectivity index (χ0n) is 22.7. The number of benzene rings is 2. The Morgan fingerprint density at radius 3 is 2.46 bits per heavy atom. The standard InChI is InChI=1S/C30H39N3O6/c1-21(2)17-26-28(35)31-24(19-34)11-7-4-8-16-38-25-14-12-22(13-15-25)18-27(29(36)32-26)33-30(37)39-20-23-9-5-3-6-10-23/h3,5-6,9-10,12-15,19,21,24,26-27H,4,7-8,11,16-18,20H2,1-2H3,(H,31,35)(H,32,36)(H,33,37)/t24-,26?,27-/m0/s1. The summed E-state index contributed by atoms with van der Waals surface area (Å²) in [5, 5.41) is 8.24. The van der Waals surface area contributed by atoms with Crippen molar-refractivity contribution in [1.82, 2.24) is 16.0 Å². The van der Waals surface area contributed by atoms with Crippen LogP contribution < -0.4 is 20.7 Å². The highest BCUT2D eigenvalue weighted by Crippen LogP contribution is 2.16. The molecule has 2 aromatic carbocycles. The molecule has 3 atom stereocenters. The molecule has 2 aliphatic rings. The fourth-order valence-electron chi connectivity index (χ4n) is 4.34. The summed E-state index contributed by atoms with van der Waals surface area (Å²) in [6.07, 6.45) is 3.48. The Balaban J connectivity index is 1.80. The molecule has 9 nitrogen and oxygen atoms in total. The zero-order chi connectivity index (χ0) is 28.0. The summed E-state index contributed by atoms with van der Waals surface area (Å²) in [7, 11) is 0. The molecule has 2 heterocycles. The van der Waals surface area contributed by atoms with E-state index in [9.17, 15) is 19.2 Å². The number of carbonyl (C=O) groups is 4. The van der Waals surface area contributed by atoms with Crippen molar-refractivity contribution in [2.24, 2.45) is 5.92 Å². The van der Waals surface area contributed by atoms with Gasteiger partial charge in [0, 0.05) is 6.42 Å². The number of hydrogen-bond acceptors (Lipinski definition) is 6. The molecule has 2 aromatic rings. The molecule has 4 rings (SSSR count). The van der Waals surface area contributed by atoms with E-state index in [0.717, 1.165) is 36.7 Å². The molecule has 9 heteroatoms. The van der Waals surface area contributed by atoms with E-state index in [1.165, 1.54) is 0 Å². The topological polar surface area (TPSA) is 123 Å². The van der Waals surface area contributed by atoms with Crippen molar-refractivity contribution in [2.75, 3.05) is 6.61 Å². The fourth-order valence-corrected chi connectivity index (χ4v) is 4.34. The van der Waals surface area contributed by atoms with E-state index in [0.29, 0.717) is 25.2 Å². The molecular formula is C30H39N3O6. The largest absolute Gasteiger partial charge is 0.494 e. The lowest BCUT2D eigenvalue weighted by Crippen LogP contribution is -2.56. The Kier molecular flexibility index (Phi) is 11.8. The number of fused-ring (bicyclic) bond motifs is 15. The maximum absolute atomic E-state index is 13.5. The van der Waals surface area contributed by atoms with E-state index in [1.54, 1.807) is 0 Å². The molecule has 0 aromatic heterocycles. The van der Waals surface area contributed by atoms with E-state index >= 15 is 0 Å². The minimum Gasteiger partial charge on any atom is -0.494 e. The quantitative estimate of drug-likeness (QED) is 0.483. The molecule has 3 N–H and O–H groups in total. The van der Waals surface area contributed by atoms with Gasteiger partial charge in [0.2, 0.25) is 11.8 Å². The molecular weight excluding hydrogens is 498 g/mol. The smallest absolute Gasteiger partial charge is 0.408 e. The molecule has 0 spiro atoms. The van der Waals surface area contributed by atoms with Gasteiger partial charge in [-0.3, -0.25) is 9.59 Å². The maximum atomic E-state index is 13.5. The average Bonchev–Trinajstić information content (AvgIpc) is 2.93. The predicted molar refractivity (Wildman–Crippen MR) is 147 cm³/mol. The SMILES string of the molecule is CC(C)CC1NC(=O)[C@@H](NC(=O)OCc2ccccc2)Cc2ccc(cc2)OCCCCC[C@@H](C=O)NC1=O. The lowest BCUT2D eigenvalue weighted by molar-refractivity contribution is -0.131. The Labute approximate surface area is 230 Å². The second-order valence-electron chi connectivity index (χ2n) is 10.2. The fraction of sp³-hybridized carbons (Fsp3) is 0.467. The van der Waals surface area contributed by atoms with Gasteiger partial charge in [-0.25, -0.2) is 4.79 Å². The average molecular weight is 538 g/mol. The number of hydrogen-bond donors (Lipinski definition) is 3. The van der Waals surface area contributed by atoms with Gasteiger partial charge in [0.05, 0.1) is 12.6 Å². The summed E-state index contributed by atoms with van der Waals surface area (Å²) in [6.45, 7) is 4.48. The second-order valence-corrected chi connectivity index (χ2v) is 10.2. The maximum Gasteiger partial charge on any atom is 0.408 e. The summed E-state index contributed by atoms with van der Waals surface area (Å²) in [6, 6.07) is 14.1. The normalized spacial score (nSPS) is 21.1. The van der Waals surface area contributed by atoms with Crippen LogP contribution in [0.15, 0.2) is 54.6 Å². The van der Waals surface area contributed by atoms with Crippen LogP contribution in [0.1, 0.15) is 57.1 Å². The Morgan fingerprint density at radius 1 is 1.03 bits per heavy atom. The van der Waals surface area contributed by atoms with Crippen molar-refractivity contribution in [1.29, 1.82) is 0 Å². The van der Waals surface area contributed by atoms with E-state index in [-0.39, 0.29) is 18.9 Å². The molecule has 0 saturated heterocycles. The first-order valence-corrected chi connectivity index (χ1v) is 13.6. The number of carbonyl (C=O) groups excluding carboxylic acids is 4. The molecule has 0 fully saturated rings. The van der Waals surface area contributed by atoms with Crippen molar-refractivity contribution < 1.29 is 28.7 Å². The third-order valence-electron chi connectivity index (χ3n) is 6.44. The lowest BCUT2D eigenvalue weighted by Gasteiger charge is -2.25. The zero-order valence-corrected chi connectivity index (χ0v) is 22.7. The van der Waals surface area contributed by atoms with Gasteiger partial charge in [0.15, 0.2) is 0 Å². The van der Waals surface area contributed by atoms with Crippen LogP contribution in [0.2, 0.25) is 0 Å². The molecule has 3 amide bonds. The van der Waals surface area contributed by atoms with Gasteiger partial charge in [-0.15, -0.1) is 0 Å². The van der Waals surface area contributed by atoms with Gasteiger partial charge in [-0.05, 0) is 54.9 Å². The third kappa shape index (κ3) is 10.4. The molecule has 210 valence electrons. The summed E-state index contributed by atoms with van der Waals surface area (Å²) in [4.78, 5) is 50.9. The van der Waals surface area contributed by atoms with Crippen LogP contribution in [0.3, 0.4) is 0 Å². The minimum absolute atomic E-state index is 0.0541.